The number of nitrogens with two attached hydrogens (primary N) is 1. The predicted molar refractivity (Wildman–Crippen MR) is 94.7 cm³/mol. The molecule has 0 unspecified atom stereocenters. The molecular formula is C19H27N3O2. The maximum atomic E-state index is 12.5. The first kappa shape index (κ1) is 17.0. The van der Waals surface area contributed by atoms with Crippen LogP contribution >= 0.6 is 0 Å². The Morgan fingerprint density at radius 2 is 2.00 bits per heavy atom. The van der Waals surface area contributed by atoms with Gasteiger partial charge in [-0.3, -0.25) is 9.59 Å². The van der Waals surface area contributed by atoms with Crippen molar-refractivity contribution in [3.8, 4) is 0 Å². The third-order valence-electron chi connectivity index (χ3n) is 5.23. The zero-order valence-corrected chi connectivity index (χ0v) is 14.4. The van der Waals surface area contributed by atoms with Crippen LogP contribution in [0.3, 0.4) is 0 Å². The number of likely N-dealkylation sites (tertiary alicyclic amines) is 1. The number of amides is 2. The van der Waals surface area contributed by atoms with Crippen LogP contribution in [0.25, 0.3) is 0 Å². The first-order chi connectivity index (χ1) is 11.5. The Bertz CT molecular complexity index is 597. The first-order valence-electron chi connectivity index (χ1n) is 8.97. The summed E-state index contributed by atoms with van der Waals surface area (Å²) in [6, 6.07) is 7.97. The van der Waals surface area contributed by atoms with Gasteiger partial charge in [-0.15, -0.1) is 0 Å². The quantitative estimate of drug-likeness (QED) is 0.918. The Kier molecular flexibility index (Phi) is 5.19. The fraction of sp³-hybridized carbons (Fsp3) is 0.579. The highest BCUT2D eigenvalue weighted by molar-refractivity contribution is 5.95. The third-order valence-corrected chi connectivity index (χ3v) is 5.23. The minimum Gasteiger partial charge on any atom is -0.342 e. The van der Waals surface area contributed by atoms with Gasteiger partial charge in [0.15, 0.2) is 0 Å². The highest BCUT2D eigenvalue weighted by atomic mass is 16.2. The van der Waals surface area contributed by atoms with Crippen molar-refractivity contribution in [1.29, 1.82) is 0 Å². The molecule has 2 saturated heterocycles. The molecule has 2 fully saturated rings. The largest absolute Gasteiger partial charge is 0.342 e. The van der Waals surface area contributed by atoms with Gasteiger partial charge in [-0.2, -0.15) is 0 Å². The van der Waals surface area contributed by atoms with E-state index in [9.17, 15) is 9.59 Å². The number of carbonyl (C=O) groups is 2. The molecule has 0 aliphatic carbocycles. The SMILES string of the molecule is C[C@H](N)[C@@H]1CCCN(C(=O)Cc2ccc(N3CCCC3=O)cc2)C1. The number of carbonyl (C=O) groups excluding carboxylic acids is 2. The second kappa shape index (κ2) is 7.34. The summed E-state index contributed by atoms with van der Waals surface area (Å²) in [6.07, 6.45) is 4.12. The molecule has 5 nitrogen and oxygen atoms in total. The van der Waals surface area contributed by atoms with Crippen LogP contribution in [0.15, 0.2) is 24.3 Å². The van der Waals surface area contributed by atoms with Gasteiger partial charge in [-0.25, -0.2) is 0 Å². The van der Waals surface area contributed by atoms with Crippen molar-refractivity contribution in [2.24, 2.45) is 11.7 Å². The molecule has 2 N–H and O–H groups in total. The lowest BCUT2D eigenvalue weighted by Gasteiger charge is -2.34. The van der Waals surface area contributed by atoms with Gasteiger partial charge in [0.25, 0.3) is 0 Å². The molecule has 0 aromatic heterocycles. The van der Waals surface area contributed by atoms with E-state index < -0.39 is 0 Å². The Balaban J connectivity index is 1.59. The van der Waals surface area contributed by atoms with Gasteiger partial charge in [-0.1, -0.05) is 12.1 Å². The van der Waals surface area contributed by atoms with Crippen LogP contribution in [0.1, 0.15) is 38.2 Å². The number of piperidine rings is 1. The molecule has 130 valence electrons. The summed E-state index contributed by atoms with van der Waals surface area (Å²) in [6.45, 7) is 4.43. The molecule has 1 aromatic carbocycles. The molecule has 24 heavy (non-hydrogen) atoms. The molecule has 2 atom stereocenters. The summed E-state index contributed by atoms with van der Waals surface area (Å²) in [5, 5.41) is 0. The van der Waals surface area contributed by atoms with Gasteiger partial charge in [-0.05, 0) is 49.8 Å². The highest BCUT2D eigenvalue weighted by Crippen LogP contribution is 2.23. The molecule has 2 heterocycles. The third kappa shape index (κ3) is 3.78. The summed E-state index contributed by atoms with van der Waals surface area (Å²) >= 11 is 0. The average molecular weight is 329 g/mol. The molecule has 2 amide bonds. The summed E-state index contributed by atoms with van der Waals surface area (Å²) in [4.78, 5) is 28.1. The summed E-state index contributed by atoms with van der Waals surface area (Å²) in [5.41, 5.74) is 7.93. The Morgan fingerprint density at radius 1 is 1.25 bits per heavy atom. The Labute approximate surface area is 143 Å². The average Bonchev–Trinajstić information content (AvgIpc) is 3.01. The van der Waals surface area contributed by atoms with Gasteiger partial charge < -0.3 is 15.5 Å². The zero-order valence-electron chi connectivity index (χ0n) is 14.4. The molecular weight excluding hydrogens is 302 g/mol. The van der Waals surface area contributed by atoms with Crippen LogP contribution in [0.2, 0.25) is 0 Å². The van der Waals surface area contributed by atoms with E-state index in [1.54, 1.807) is 0 Å². The molecule has 2 aliphatic heterocycles. The van der Waals surface area contributed by atoms with Crippen molar-refractivity contribution >= 4 is 17.5 Å². The van der Waals surface area contributed by atoms with E-state index in [0.29, 0.717) is 18.8 Å². The van der Waals surface area contributed by atoms with Crippen LogP contribution in [0, 0.1) is 5.92 Å². The summed E-state index contributed by atoms with van der Waals surface area (Å²) in [5.74, 6) is 0.769. The van der Waals surface area contributed by atoms with Crippen molar-refractivity contribution < 1.29 is 9.59 Å². The predicted octanol–water partition coefficient (Wildman–Crippen LogP) is 1.94. The smallest absolute Gasteiger partial charge is 0.227 e. The zero-order chi connectivity index (χ0) is 17.1. The van der Waals surface area contributed by atoms with Gasteiger partial charge in [0.2, 0.25) is 11.8 Å². The lowest BCUT2D eigenvalue weighted by Crippen LogP contribution is -2.45. The van der Waals surface area contributed by atoms with Gasteiger partial charge in [0.1, 0.15) is 0 Å². The minimum absolute atomic E-state index is 0.137. The van der Waals surface area contributed by atoms with Crippen molar-refractivity contribution in [2.45, 2.75) is 45.1 Å². The van der Waals surface area contributed by atoms with E-state index in [1.807, 2.05) is 41.0 Å². The molecule has 1 aromatic rings. The van der Waals surface area contributed by atoms with Crippen LogP contribution in [-0.2, 0) is 16.0 Å². The highest BCUT2D eigenvalue weighted by Gasteiger charge is 2.26. The van der Waals surface area contributed by atoms with Crippen LogP contribution in [-0.4, -0.2) is 42.4 Å². The van der Waals surface area contributed by atoms with E-state index in [-0.39, 0.29) is 17.9 Å². The van der Waals surface area contributed by atoms with Gasteiger partial charge >= 0.3 is 0 Å². The van der Waals surface area contributed by atoms with Gasteiger partial charge in [0, 0.05) is 37.8 Å². The van der Waals surface area contributed by atoms with Crippen LogP contribution < -0.4 is 10.6 Å². The fourth-order valence-electron chi connectivity index (χ4n) is 3.67. The molecule has 2 aliphatic rings. The number of nitrogens with zero attached hydrogens (tertiary/aromatic N) is 2. The van der Waals surface area contributed by atoms with E-state index in [0.717, 1.165) is 50.1 Å². The maximum absolute atomic E-state index is 12.5. The maximum Gasteiger partial charge on any atom is 0.227 e. The molecule has 5 heteroatoms. The van der Waals surface area contributed by atoms with E-state index in [2.05, 4.69) is 0 Å². The van der Waals surface area contributed by atoms with Crippen molar-refractivity contribution in [2.75, 3.05) is 24.5 Å². The summed E-state index contributed by atoms with van der Waals surface area (Å²) < 4.78 is 0. The second-order valence-electron chi connectivity index (χ2n) is 7.09. The number of rotatable bonds is 4. The molecule has 0 saturated carbocycles. The normalized spacial score (nSPS) is 22.8. The lowest BCUT2D eigenvalue weighted by molar-refractivity contribution is -0.132. The first-order valence-corrected chi connectivity index (χ1v) is 8.97. The van der Waals surface area contributed by atoms with Gasteiger partial charge in [0.05, 0.1) is 6.42 Å². The number of hydrogen-bond acceptors (Lipinski definition) is 3. The Morgan fingerprint density at radius 3 is 2.62 bits per heavy atom. The monoisotopic (exact) mass is 329 g/mol. The molecule has 3 rings (SSSR count). The molecule has 0 spiro atoms. The van der Waals surface area contributed by atoms with E-state index >= 15 is 0 Å². The topological polar surface area (TPSA) is 66.6 Å². The van der Waals surface area contributed by atoms with Crippen molar-refractivity contribution in [3.05, 3.63) is 29.8 Å². The standard InChI is InChI=1S/C19H27N3O2/c1-14(20)16-4-2-10-21(13-16)19(24)12-15-6-8-17(9-7-15)22-11-3-5-18(22)23/h6-9,14,16H,2-5,10-13,20H2,1H3/t14-,16+/m0/s1. The van der Waals surface area contributed by atoms with Crippen molar-refractivity contribution in [3.63, 3.8) is 0 Å². The Hall–Kier alpha value is -1.88. The fourth-order valence-corrected chi connectivity index (χ4v) is 3.67. The molecule has 0 bridgehead atoms. The van der Waals surface area contributed by atoms with Crippen LogP contribution in [0.4, 0.5) is 5.69 Å². The number of hydrogen-bond donors (Lipinski definition) is 1. The number of anilines is 1. The summed E-state index contributed by atoms with van der Waals surface area (Å²) in [7, 11) is 0. The van der Waals surface area contributed by atoms with E-state index in [4.69, 9.17) is 5.73 Å². The van der Waals surface area contributed by atoms with Crippen molar-refractivity contribution in [1.82, 2.24) is 4.90 Å². The lowest BCUT2D eigenvalue weighted by atomic mass is 9.92. The van der Waals surface area contributed by atoms with E-state index in [1.165, 1.54) is 0 Å². The molecule has 0 radical (unpaired) electrons. The van der Waals surface area contributed by atoms with Crippen LogP contribution in [0.5, 0.6) is 0 Å². The second-order valence-corrected chi connectivity index (χ2v) is 7.09. The number of benzene rings is 1. The minimum atomic E-state index is 0.137.